The molecule has 3 rings (SSSR count). The molecule has 0 unspecified atom stereocenters. The lowest BCUT2D eigenvalue weighted by molar-refractivity contribution is -0.116. The van der Waals surface area contributed by atoms with Gasteiger partial charge in [0.25, 0.3) is 0 Å². The molecule has 124 valence electrons. The Morgan fingerprint density at radius 3 is 2.54 bits per heavy atom. The number of aryl methyl sites for hydroxylation is 2. The zero-order valence-corrected chi connectivity index (χ0v) is 14.0. The van der Waals surface area contributed by atoms with Gasteiger partial charge in [0.1, 0.15) is 6.54 Å². The van der Waals surface area contributed by atoms with Crippen molar-refractivity contribution >= 4 is 23.3 Å². The minimum absolute atomic E-state index is 0.0650. The van der Waals surface area contributed by atoms with Gasteiger partial charge >= 0.3 is 6.03 Å². The zero-order chi connectivity index (χ0) is 17.1. The SMILES string of the molecule is Cc1ccc(NC(=O)CN2CCN(c3ccccc3)C2=O)c(C)c1. The number of hydrogen-bond acceptors (Lipinski definition) is 2. The lowest BCUT2D eigenvalue weighted by atomic mass is 10.1. The molecule has 1 saturated heterocycles. The molecule has 0 bridgehead atoms. The molecule has 0 saturated carbocycles. The number of benzene rings is 2. The standard InChI is InChI=1S/C19H21N3O2/c1-14-8-9-17(15(2)12-14)20-18(23)13-21-10-11-22(19(21)24)16-6-4-3-5-7-16/h3-9,12H,10-11,13H2,1-2H3,(H,20,23). The van der Waals surface area contributed by atoms with Crippen molar-refractivity contribution in [2.24, 2.45) is 0 Å². The topological polar surface area (TPSA) is 52.7 Å². The molecular formula is C19H21N3O2. The molecule has 5 nitrogen and oxygen atoms in total. The summed E-state index contributed by atoms with van der Waals surface area (Å²) in [6.45, 7) is 5.18. The monoisotopic (exact) mass is 323 g/mol. The van der Waals surface area contributed by atoms with Crippen LogP contribution in [0, 0.1) is 13.8 Å². The number of nitrogens with zero attached hydrogens (tertiary/aromatic N) is 2. The number of rotatable bonds is 4. The fourth-order valence-corrected chi connectivity index (χ4v) is 2.89. The molecule has 0 aliphatic carbocycles. The molecule has 0 atom stereocenters. The van der Waals surface area contributed by atoms with E-state index in [1.54, 1.807) is 9.80 Å². The number of carbonyl (C=O) groups excluding carboxylic acids is 2. The average molecular weight is 323 g/mol. The van der Waals surface area contributed by atoms with Gasteiger partial charge in [0.15, 0.2) is 0 Å². The molecule has 2 aromatic carbocycles. The second-order valence-corrected chi connectivity index (χ2v) is 6.06. The fourth-order valence-electron chi connectivity index (χ4n) is 2.89. The molecule has 5 heteroatoms. The van der Waals surface area contributed by atoms with Crippen molar-refractivity contribution in [2.45, 2.75) is 13.8 Å². The molecule has 1 heterocycles. The predicted octanol–water partition coefficient (Wildman–Crippen LogP) is 3.18. The van der Waals surface area contributed by atoms with Crippen LogP contribution in [0.15, 0.2) is 48.5 Å². The summed E-state index contributed by atoms with van der Waals surface area (Å²) < 4.78 is 0. The van der Waals surface area contributed by atoms with Crippen LogP contribution in [0.4, 0.5) is 16.2 Å². The third-order valence-electron chi connectivity index (χ3n) is 4.15. The molecule has 0 radical (unpaired) electrons. The molecule has 1 aliphatic heterocycles. The smallest absolute Gasteiger partial charge is 0.324 e. The maximum absolute atomic E-state index is 12.5. The highest BCUT2D eigenvalue weighted by Gasteiger charge is 2.30. The van der Waals surface area contributed by atoms with Crippen molar-refractivity contribution in [3.63, 3.8) is 0 Å². The number of para-hydroxylation sites is 1. The number of urea groups is 1. The Bertz CT molecular complexity index is 758. The molecule has 0 spiro atoms. The van der Waals surface area contributed by atoms with Crippen LogP contribution in [0.25, 0.3) is 0 Å². The van der Waals surface area contributed by atoms with Crippen LogP contribution in [0.1, 0.15) is 11.1 Å². The summed E-state index contributed by atoms with van der Waals surface area (Å²) in [5.74, 6) is -0.176. The second-order valence-electron chi connectivity index (χ2n) is 6.06. The lowest BCUT2D eigenvalue weighted by Crippen LogP contribution is -2.37. The van der Waals surface area contributed by atoms with E-state index >= 15 is 0 Å². The maximum Gasteiger partial charge on any atom is 0.325 e. The Morgan fingerprint density at radius 2 is 1.83 bits per heavy atom. The third-order valence-corrected chi connectivity index (χ3v) is 4.15. The summed E-state index contributed by atoms with van der Waals surface area (Å²) >= 11 is 0. The summed E-state index contributed by atoms with van der Waals surface area (Å²) in [6.07, 6.45) is 0. The van der Waals surface area contributed by atoms with Gasteiger partial charge in [-0.05, 0) is 37.6 Å². The zero-order valence-electron chi connectivity index (χ0n) is 14.0. The van der Waals surface area contributed by atoms with Gasteiger partial charge in [0, 0.05) is 24.5 Å². The maximum atomic E-state index is 12.5. The Labute approximate surface area is 141 Å². The molecule has 1 aliphatic rings. The summed E-state index contributed by atoms with van der Waals surface area (Å²) in [6, 6.07) is 15.3. The van der Waals surface area contributed by atoms with E-state index in [1.807, 2.05) is 62.4 Å². The van der Waals surface area contributed by atoms with E-state index in [0.29, 0.717) is 13.1 Å². The highest BCUT2D eigenvalue weighted by molar-refractivity contribution is 5.99. The van der Waals surface area contributed by atoms with Crippen molar-refractivity contribution in [1.29, 1.82) is 0 Å². The first-order valence-electron chi connectivity index (χ1n) is 8.03. The minimum Gasteiger partial charge on any atom is -0.324 e. The predicted molar refractivity (Wildman–Crippen MR) is 95.3 cm³/mol. The van der Waals surface area contributed by atoms with Gasteiger partial charge in [0.2, 0.25) is 5.91 Å². The first kappa shape index (κ1) is 16.1. The van der Waals surface area contributed by atoms with E-state index in [9.17, 15) is 9.59 Å². The third kappa shape index (κ3) is 3.40. The number of carbonyl (C=O) groups is 2. The van der Waals surface area contributed by atoms with Crippen molar-refractivity contribution in [3.8, 4) is 0 Å². The number of hydrogen-bond donors (Lipinski definition) is 1. The van der Waals surface area contributed by atoms with Crippen LogP contribution in [-0.2, 0) is 4.79 Å². The van der Waals surface area contributed by atoms with E-state index in [-0.39, 0.29) is 18.5 Å². The lowest BCUT2D eigenvalue weighted by Gasteiger charge is -2.18. The Kier molecular flexibility index (Phi) is 4.51. The normalized spacial score (nSPS) is 14.2. The van der Waals surface area contributed by atoms with Crippen molar-refractivity contribution in [2.75, 3.05) is 29.9 Å². The Morgan fingerprint density at radius 1 is 1.08 bits per heavy atom. The van der Waals surface area contributed by atoms with Crippen LogP contribution in [0.5, 0.6) is 0 Å². The molecule has 24 heavy (non-hydrogen) atoms. The van der Waals surface area contributed by atoms with Crippen LogP contribution in [-0.4, -0.2) is 36.5 Å². The van der Waals surface area contributed by atoms with Gasteiger partial charge in [-0.1, -0.05) is 35.9 Å². The first-order valence-corrected chi connectivity index (χ1v) is 8.03. The molecule has 2 aromatic rings. The first-order chi connectivity index (χ1) is 11.5. The fraction of sp³-hybridized carbons (Fsp3) is 0.263. The highest BCUT2D eigenvalue weighted by atomic mass is 16.2. The quantitative estimate of drug-likeness (QED) is 0.939. The van der Waals surface area contributed by atoms with Crippen LogP contribution in [0.2, 0.25) is 0 Å². The number of amides is 3. The van der Waals surface area contributed by atoms with Crippen molar-refractivity contribution in [3.05, 3.63) is 59.7 Å². The number of nitrogens with one attached hydrogen (secondary N) is 1. The van der Waals surface area contributed by atoms with E-state index in [0.717, 1.165) is 22.5 Å². The molecule has 1 fully saturated rings. The van der Waals surface area contributed by atoms with Crippen molar-refractivity contribution in [1.82, 2.24) is 4.90 Å². The van der Waals surface area contributed by atoms with Gasteiger partial charge < -0.3 is 10.2 Å². The number of anilines is 2. The minimum atomic E-state index is -0.176. The second kappa shape index (κ2) is 6.74. The van der Waals surface area contributed by atoms with E-state index in [4.69, 9.17) is 0 Å². The van der Waals surface area contributed by atoms with Gasteiger partial charge in [-0.15, -0.1) is 0 Å². The largest absolute Gasteiger partial charge is 0.325 e. The molecular weight excluding hydrogens is 302 g/mol. The van der Waals surface area contributed by atoms with Gasteiger partial charge in [-0.25, -0.2) is 4.79 Å². The van der Waals surface area contributed by atoms with Crippen LogP contribution in [0.3, 0.4) is 0 Å². The van der Waals surface area contributed by atoms with Gasteiger partial charge in [-0.3, -0.25) is 9.69 Å². The summed E-state index contributed by atoms with van der Waals surface area (Å²) in [7, 11) is 0. The Balaban J connectivity index is 1.62. The molecule has 0 aromatic heterocycles. The summed E-state index contributed by atoms with van der Waals surface area (Å²) in [5.41, 5.74) is 3.82. The highest BCUT2D eigenvalue weighted by Crippen LogP contribution is 2.20. The van der Waals surface area contributed by atoms with Gasteiger partial charge in [-0.2, -0.15) is 0 Å². The molecule has 1 N–H and O–H groups in total. The van der Waals surface area contributed by atoms with Crippen LogP contribution < -0.4 is 10.2 Å². The average Bonchev–Trinajstić information content (AvgIpc) is 2.92. The van der Waals surface area contributed by atoms with Crippen LogP contribution >= 0.6 is 0 Å². The van der Waals surface area contributed by atoms with E-state index in [2.05, 4.69) is 5.32 Å². The van der Waals surface area contributed by atoms with Crippen molar-refractivity contribution < 1.29 is 9.59 Å². The Hall–Kier alpha value is -2.82. The van der Waals surface area contributed by atoms with Gasteiger partial charge in [0.05, 0.1) is 0 Å². The van der Waals surface area contributed by atoms with E-state index < -0.39 is 0 Å². The summed E-state index contributed by atoms with van der Waals surface area (Å²) in [5, 5.41) is 2.89. The van der Waals surface area contributed by atoms with E-state index in [1.165, 1.54) is 0 Å². The summed E-state index contributed by atoms with van der Waals surface area (Å²) in [4.78, 5) is 28.0. The molecule has 3 amide bonds.